The summed E-state index contributed by atoms with van der Waals surface area (Å²) in [5, 5.41) is 1.42. The molecule has 0 N–H and O–H groups in total. The predicted octanol–water partition coefficient (Wildman–Crippen LogP) is 4.64. The van der Waals surface area contributed by atoms with Crippen LogP contribution in [0.1, 0.15) is 36.6 Å². The van der Waals surface area contributed by atoms with Crippen molar-refractivity contribution in [3.8, 4) is 0 Å². The van der Waals surface area contributed by atoms with Gasteiger partial charge < -0.3 is 14.4 Å². The van der Waals surface area contributed by atoms with E-state index in [9.17, 15) is 0 Å². The van der Waals surface area contributed by atoms with Gasteiger partial charge in [-0.1, -0.05) is 0 Å². The van der Waals surface area contributed by atoms with Crippen LogP contribution in [-0.4, -0.2) is 41.1 Å². The largest absolute Gasteiger partial charge is 0.372 e. The summed E-state index contributed by atoms with van der Waals surface area (Å²) >= 11 is 0. The molecule has 4 heteroatoms. The Morgan fingerprint density at radius 1 is 1.04 bits per heavy atom. The molecule has 144 valence electrons. The Hall–Kier alpha value is -2.59. The van der Waals surface area contributed by atoms with Crippen LogP contribution in [-0.2, 0) is 13.0 Å². The molecular formula is C24H28N4. The van der Waals surface area contributed by atoms with Gasteiger partial charge in [0.25, 0.3) is 0 Å². The Morgan fingerprint density at radius 2 is 1.82 bits per heavy atom. The van der Waals surface area contributed by atoms with Gasteiger partial charge in [-0.3, -0.25) is 4.98 Å². The summed E-state index contributed by atoms with van der Waals surface area (Å²) in [6, 6.07) is 11.3. The van der Waals surface area contributed by atoms with Crippen molar-refractivity contribution in [2.24, 2.45) is 0 Å². The van der Waals surface area contributed by atoms with Crippen LogP contribution in [0.25, 0.3) is 22.7 Å². The highest BCUT2D eigenvalue weighted by atomic mass is 15.1. The first kappa shape index (κ1) is 17.5. The molecule has 4 heterocycles. The maximum Gasteiger partial charge on any atom is 0.0530 e. The number of anilines is 1. The minimum Gasteiger partial charge on any atom is -0.372 e. The number of hydrogen-bond acceptors (Lipinski definition) is 3. The first-order chi connectivity index (χ1) is 13.7. The van der Waals surface area contributed by atoms with E-state index < -0.39 is 0 Å². The Balaban J connectivity index is 1.66. The monoisotopic (exact) mass is 372 g/mol. The number of allylic oxidation sites excluding steroid dienone is 1. The van der Waals surface area contributed by atoms with Crippen molar-refractivity contribution in [2.75, 3.05) is 31.6 Å². The van der Waals surface area contributed by atoms with Crippen molar-refractivity contribution in [1.82, 2.24) is 14.5 Å². The fourth-order valence-electron chi connectivity index (χ4n) is 4.72. The van der Waals surface area contributed by atoms with E-state index in [4.69, 9.17) is 0 Å². The third kappa shape index (κ3) is 3.02. The van der Waals surface area contributed by atoms with E-state index >= 15 is 0 Å². The first-order valence-corrected chi connectivity index (χ1v) is 10.4. The molecule has 2 aliphatic heterocycles. The van der Waals surface area contributed by atoms with E-state index in [0.29, 0.717) is 0 Å². The average molecular weight is 373 g/mol. The highest BCUT2D eigenvalue weighted by Crippen LogP contribution is 2.35. The Morgan fingerprint density at radius 3 is 2.61 bits per heavy atom. The summed E-state index contributed by atoms with van der Waals surface area (Å²) in [6.07, 6.45) is 9.78. The van der Waals surface area contributed by atoms with E-state index in [1.54, 1.807) is 0 Å². The van der Waals surface area contributed by atoms with Crippen molar-refractivity contribution in [2.45, 2.75) is 32.7 Å². The van der Waals surface area contributed by atoms with Crippen LogP contribution in [0.2, 0.25) is 0 Å². The zero-order chi connectivity index (χ0) is 19.1. The van der Waals surface area contributed by atoms with Crippen molar-refractivity contribution in [1.29, 1.82) is 0 Å². The topological polar surface area (TPSA) is 24.3 Å². The Bertz CT molecular complexity index is 1030. The van der Waals surface area contributed by atoms with Crippen LogP contribution < -0.4 is 4.90 Å². The third-order valence-corrected chi connectivity index (χ3v) is 6.29. The lowest BCUT2D eigenvalue weighted by Gasteiger charge is -2.24. The second-order valence-electron chi connectivity index (χ2n) is 8.23. The van der Waals surface area contributed by atoms with Gasteiger partial charge in [0, 0.05) is 68.0 Å². The standard InChI is InChI=1S/C24H28N4/c1-18(19-7-10-25-11-8-19)16-28-23-6-5-20(27-12-3-4-13-27)15-21(23)22-17-26(2)14-9-24(22)28/h5-8,10-11,15-16H,3-4,9,12-14,17H2,1-2H3/b18-16-. The molecule has 0 spiro atoms. The normalized spacial score (nSPS) is 18.1. The summed E-state index contributed by atoms with van der Waals surface area (Å²) < 4.78 is 2.45. The summed E-state index contributed by atoms with van der Waals surface area (Å²) in [5.41, 5.74) is 8.19. The zero-order valence-electron chi connectivity index (χ0n) is 16.9. The van der Waals surface area contributed by atoms with Crippen LogP contribution in [0.15, 0.2) is 42.7 Å². The maximum atomic E-state index is 4.16. The summed E-state index contributed by atoms with van der Waals surface area (Å²) in [5.74, 6) is 0. The second kappa shape index (κ2) is 7.10. The number of likely N-dealkylation sites (N-methyl/N-ethyl adjacent to an activating group) is 1. The summed E-state index contributed by atoms with van der Waals surface area (Å²) in [4.78, 5) is 9.13. The number of fused-ring (bicyclic) bond motifs is 3. The van der Waals surface area contributed by atoms with E-state index in [0.717, 1.165) is 19.5 Å². The molecule has 1 fully saturated rings. The molecule has 0 radical (unpaired) electrons. The SMILES string of the molecule is C/C(=C/n1c2c(c3cc(N4CCCC4)ccc31)CN(C)CC2)c1ccncc1. The van der Waals surface area contributed by atoms with Gasteiger partial charge in [-0.2, -0.15) is 0 Å². The number of rotatable bonds is 3. The van der Waals surface area contributed by atoms with E-state index in [1.807, 2.05) is 12.4 Å². The minimum absolute atomic E-state index is 1.03. The molecule has 0 amide bonds. The molecule has 0 bridgehead atoms. The quantitative estimate of drug-likeness (QED) is 0.669. The van der Waals surface area contributed by atoms with Gasteiger partial charge in [0.2, 0.25) is 0 Å². The molecule has 1 saturated heterocycles. The summed E-state index contributed by atoms with van der Waals surface area (Å²) in [6.45, 7) is 6.72. The van der Waals surface area contributed by atoms with Crippen molar-refractivity contribution in [3.63, 3.8) is 0 Å². The molecule has 0 aliphatic carbocycles. The van der Waals surface area contributed by atoms with Crippen LogP contribution in [0.3, 0.4) is 0 Å². The number of pyridine rings is 1. The number of hydrogen-bond donors (Lipinski definition) is 0. The Labute approximate surface area is 167 Å². The molecule has 0 saturated carbocycles. The van der Waals surface area contributed by atoms with Gasteiger partial charge >= 0.3 is 0 Å². The minimum atomic E-state index is 1.03. The maximum absolute atomic E-state index is 4.16. The van der Waals surface area contributed by atoms with Crippen LogP contribution in [0.4, 0.5) is 5.69 Å². The van der Waals surface area contributed by atoms with Gasteiger partial charge in [0.05, 0.1) is 5.52 Å². The van der Waals surface area contributed by atoms with E-state index in [1.165, 1.54) is 64.9 Å². The molecule has 2 aromatic heterocycles. The number of aromatic nitrogens is 2. The lowest BCUT2D eigenvalue weighted by molar-refractivity contribution is 0.312. The summed E-state index contributed by atoms with van der Waals surface area (Å²) in [7, 11) is 2.23. The van der Waals surface area contributed by atoms with Gasteiger partial charge in [-0.15, -0.1) is 0 Å². The number of benzene rings is 1. The highest BCUT2D eigenvalue weighted by Gasteiger charge is 2.23. The van der Waals surface area contributed by atoms with Gasteiger partial charge in [0.1, 0.15) is 0 Å². The van der Waals surface area contributed by atoms with Gasteiger partial charge in [-0.05, 0) is 73.8 Å². The van der Waals surface area contributed by atoms with Crippen molar-refractivity contribution < 1.29 is 0 Å². The van der Waals surface area contributed by atoms with E-state index in [-0.39, 0.29) is 0 Å². The second-order valence-corrected chi connectivity index (χ2v) is 8.23. The molecule has 0 unspecified atom stereocenters. The van der Waals surface area contributed by atoms with Crippen LogP contribution in [0.5, 0.6) is 0 Å². The fourth-order valence-corrected chi connectivity index (χ4v) is 4.72. The molecule has 4 nitrogen and oxygen atoms in total. The van der Waals surface area contributed by atoms with Crippen molar-refractivity contribution in [3.05, 3.63) is 59.5 Å². The molecule has 5 rings (SSSR count). The molecule has 0 atom stereocenters. The van der Waals surface area contributed by atoms with E-state index in [2.05, 4.69) is 69.9 Å². The molecule has 28 heavy (non-hydrogen) atoms. The predicted molar refractivity (Wildman–Crippen MR) is 118 cm³/mol. The smallest absolute Gasteiger partial charge is 0.0530 e. The van der Waals surface area contributed by atoms with Crippen LogP contribution >= 0.6 is 0 Å². The van der Waals surface area contributed by atoms with Crippen LogP contribution in [0, 0.1) is 0 Å². The van der Waals surface area contributed by atoms with Gasteiger partial charge in [0.15, 0.2) is 0 Å². The zero-order valence-corrected chi connectivity index (χ0v) is 16.9. The lowest BCUT2D eigenvalue weighted by Crippen LogP contribution is -2.26. The molecule has 3 aromatic rings. The third-order valence-electron chi connectivity index (χ3n) is 6.29. The lowest BCUT2D eigenvalue weighted by atomic mass is 10.0. The first-order valence-electron chi connectivity index (χ1n) is 10.4. The Kier molecular flexibility index (Phi) is 4.44. The molecule has 2 aliphatic rings. The molecular weight excluding hydrogens is 344 g/mol. The number of nitrogens with zero attached hydrogens (tertiary/aromatic N) is 4. The highest BCUT2D eigenvalue weighted by molar-refractivity contribution is 5.92. The average Bonchev–Trinajstić information content (AvgIpc) is 3.36. The van der Waals surface area contributed by atoms with Gasteiger partial charge in [-0.25, -0.2) is 0 Å². The fraction of sp³-hybridized carbons (Fsp3) is 0.375. The molecule has 1 aromatic carbocycles. The van der Waals surface area contributed by atoms with Crippen molar-refractivity contribution >= 4 is 28.4 Å².